The van der Waals surface area contributed by atoms with Gasteiger partial charge < -0.3 is 4.74 Å². The summed E-state index contributed by atoms with van der Waals surface area (Å²) in [5.74, 6) is -1.12. The van der Waals surface area contributed by atoms with E-state index in [1.165, 1.54) is 30.3 Å². The van der Waals surface area contributed by atoms with Crippen molar-refractivity contribution in [1.29, 1.82) is 0 Å². The second-order valence-corrected chi connectivity index (χ2v) is 10.0. The summed E-state index contributed by atoms with van der Waals surface area (Å²) < 4.78 is 32.8. The van der Waals surface area contributed by atoms with E-state index in [9.17, 15) is 18.0 Å². The first kappa shape index (κ1) is 23.5. The Hall–Kier alpha value is -1.80. The molecule has 0 atom stereocenters. The molecule has 1 N–H and O–H groups in total. The van der Waals surface area contributed by atoms with Crippen molar-refractivity contribution in [2.45, 2.75) is 25.7 Å². The fourth-order valence-corrected chi connectivity index (χ4v) is 4.03. The van der Waals surface area contributed by atoms with Crippen molar-refractivity contribution < 1.29 is 22.7 Å². The van der Waals surface area contributed by atoms with Gasteiger partial charge in [-0.2, -0.15) is 0 Å². The molecule has 0 aromatic heterocycles. The van der Waals surface area contributed by atoms with E-state index >= 15 is 0 Å². The van der Waals surface area contributed by atoms with Gasteiger partial charge in [-0.15, -0.1) is 0 Å². The molecule has 0 saturated carbocycles. The molecular formula is C19H18Cl3NO5S. The van der Waals surface area contributed by atoms with Gasteiger partial charge in [0, 0.05) is 10.4 Å². The summed E-state index contributed by atoms with van der Waals surface area (Å²) in [4.78, 5) is 23.8. The van der Waals surface area contributed by atoms with Crippen LogP contribution in [0.4, 0.5) is 5.69 Å². The first-order valence-electron chi connectivity index (χ1n) is 8.29. The summed E-state index contributed by atoms with van der Waals surface area (Å²) >= 11 is 17.9. The fourth-order valence-electron chi connectivity index (χ4n) is 2.04. The number of carbonyl (C=O) groups is 2. The zero-order valence-electron chi connectivity index (χ0n) is 15.8. The summed E-state index contributed by atoms with van der Waals surface area (Å²) in [5, 5.41) is 0.294. The summed E-state index contributed by atoms with van der Waals surface area (Å²) in [5.41, 5.74) is -0.692. The van der Waals surface area contributed by atoms with Crippen LogP contribution in [-0.4, -0.2) is 26.8 Å². The van der Waals surface area contributed by atoms with Crippen molar-refractivity contribution >= 4 is 62.3 Å². The topological polar surface area (TPSA) is 89.5 Å². The lowest BCUT2D eigenvalue weighted by Crippen LogP contribution is -2.26. The van der Waals surface area contributed by atoms with E-state index in [-0.39, 0.29) is 37.0 Å². The summed E-state index contributed by atoms with van der Waals surface area (Å²) in [7, 11) is -4.19. The van der Waals surface area contributed by atoms with Crippen LogP contribution in [0.15, 0.2) is 41.3 Å². The zero-order chi connectivity index (χ0) is 22.0. The maximum absolute atomic E-state index is 12.8. The smallest absolute Gasteiger partial charge is 0.338 e. The number of esters is 1. The van der Waals surface area contributed by atoms with Crippen molar-refractivity contribution in [2.24, 2.45) is 5.41 Å². The van der Waals surface area contributed by atoms with E-state index in [2.05, 4.69) is 4.72 Å². The molecule has 0 aliphatic rings. The lowest BCUT2D eigenvalue weighted by Gasteiger charge is -2.16. The Morgan fingerprint density at radius 1 is 1.00 bits per heavy atom. The second-order valence-electron chi connectivity index (χ2n) is 7.12. The van der Waals surface area contributed by atoms with Crippen molar-refractivity contribution in [3.05, 3.63) is 57.0 Å². The van der Waals surface area contributed by atoms with E-state index in [1.807, 2.05) is 0 Å². The molecule has 10 heteroatoms. The van der Waals surface area contributed by atoms with Crippen molar-refractivity contribution in [1.82, 2.24) is 0 Å². The fraction of sp³-hybridized carbons (Fsp3) is 0.263. The van der Waals surface area contributed by atoms with E-state index in [0.29, 0.717) is 0 Å². The van der Waals surface area contributed by atoms with Crippen LogP contribution in [0.1, 0.15) is 31.1 Å². The largest absolute Gasteiger partial charge is 0.454 e. The van der Waals surface area contributed by atoms with Crippen molar-refractivity contribution in [2.75, 3.05) is 11.3 Å². The molecule has 0 amide bonds. The Labute approximate surface area is 184 Å². The molecule has 2 aromatic carbocycles. The normalized spacial score (nSPS) is 11.8. The molecule has 0 bridgehead atoms. The molecule has 2 aromatic rings. The van der Waals surface area contributed by atoms with E-state index in [1.54, 1.807) is 20.8 Å². The molecule has 29 heavy (non-hydrogen) atoms. The third kappa shape index (κ3) is 6.09. The molecular weight excluding hydrogens is 461 g/mol. The lowest BCUT2D eigenvalue weighted by atomic mass is 9.91. The average molecular weight is 479 g/mol. The number of anilines is 1. The molecule has 6 nitrogen and oxygen atoms in total. The van der Waals surface area contributed by atoms with Crippen LogP contribution in [-0.2, 0) is 19.6 Å². The first-order valence-corrected chi connectivity index (χ1v) is 10.9. The van der Waals surface area contributed by atoms with Gasteiger partial charge in [-0.25, -0.2) is 13.2 Å². The number of nitrogens with one attached hydrogen (secondary N) is 1. The molecule has 156 valence electrons. The summed E-state index contributed by atoms with van der Waals surface area (Å²) in [6.07, 6.45) is 0. The van der Waals surface area contributed by atoms with Crippen LogP contribution in [0.2, 0.25) is 15.1 Å². The number of ether oxygens (including phenoxy) is 1. The number of hydrogen-bond acceptors (Lipinski definition) is 5. The zero-order valence-corrected chi connectivity index (χ0v) is 18.8. The van der Waals surface area contributed by atoms with E-state index in [4.69, 9.17) is 39.5 Å². The highest BCUT2D eigenvalue weighted by Crippen LogP contribution is 2.30. The number of benzene rings is 2. The molecule has 2 rings (SSSR count). The first-order chi connectivity index (χ1) is 13.3. The monoisotopic (exact) mass is 477 g/mol. The van der Waals surface area contributed by atoms with Crippen molar-refractivity contribution in [3.63, 3.8) is 0 Å². The van der Waals surface area contributed by atoms with Crippen LogP contribution in [0.5, 0.6) is 0 Å². The molecule has 0 aliphatic heterocycles. The Morgan fingerprint density at radius 2 is 1.62 bits per heavy atom. The van der Waals surface area contributed by atoms with Gasteiger partial charge in [-0.05, 0) is 36.4 Å². The molecule has 0 aliphatic carbocycles. The number of ketones is 1. The van der Waals surface area contributed by atoms with Gasteiger partial charge >= 0.3 is 5.97 Å². The summed E-state index contributed by atoms with van der Waals surface area (Å²) in [6.45, 7) is 4.66. The minimum Gasteiger partial charge on any atom is -0.454 e. The van der Waals surface area contributed by atoms with Crippen LogP contribution < -0.4 is 4.72 Å². The highest BCUT2D eigenvalue weighted by molar-refractivity contribution is 7.92. The quantitative estimate of drug-likeness (QED) is 0.575. The minimum atomic E-state index is -4.19. The number of sulfonamides is 1. The van der Waals surface area contributed by atoms with Gasteiger partial charge in [0.25, 0.3) is 10.0 Å². The van der Waals surface area contributed by atoms with Gasteiger partial charge in [0.15, 0.2) is 12.4 Å². The highest BCUT2D eigenvalue weighted by atomic mass is 35.5. The predicted molar refractivity (Wildman–Crippen MR) is 113 cm³/mol. The van der Waals surface area contributed by atoms with Gasteiger partial charge in [-0.3, -0.25) is 9.52 Å². The lowest BCUT2D eigenvalue weighted by molar-refractivity contribution is -0.129. The average Bonchev–Trinajstić information content (AvgIpc) is 2.61. The van der Waals surface area contributed by atoms with Gasteiger partial charge in [0.1, 0.15) is 4.90 Å². The Balaban J connectivity index is 2.28. The molecule has 0 saturated heterocycles. The molecule has 0 unspecified atom stereocenters. The van der Waals surface area contributed by atoms with Crippen LogP contribution >= 0.6 is 34.8 Å². The van der Waals surface area contributed by atoms with Crippen molar-refractivity contribution in [3.8, 4) is 0 Å². The molecule has 0 heterocycles. The number of hydrogen-bond donors (Lipinski definition) is 1. The maximum atomic E-state index is 12.8. The Bertz CT molecular complexity index is 1060. The number of rotatable bonds is 6. The van der Waals surface area contributed by atoms with Gasteiger partial charge in [-0.1, -0.05) is 55.6 Å². The maximum Gasteiger partial charge on any atom is 0.338 e. The van der Waals surface area contributed by atoms with Crippen LogP contribution in [0, 0.1) is 5.41 Å². The van der Waals surface area contributed by atoms with Gasteiger partial charge in [0.2, 0.25) is 0 Å². The third-order valence-electron chi connectivity index (χ3n) is 3.80. The molecule has 0 fully saturated rings. The number of Topliss-reactive ketones (excluding diaryl/α,β-unsaturated/α-hetero) is 1. The van der Waals surface area contributed by atoms with Gasteiger partial charge in [0.05, 0.1) is 21.3 Å². The van der Waals surface area contributed by atoms with E-state index in [0.717, 1.165) is 6.07 Å². The minimum absolute atomic E-state index is 0.0546. The van der Waals surface area contributed by atoms with Crippen LogP contribution in [0.3, 0.4) is 0 Å². The third-order valence-corrected chi connectivity index (χ3v) is 6.21. The second kappa shape index (κ2) is 8.92. The summed E-state index contributed by atoms with van der Waals surface area (Å²) in [6, 6.07) is 7.89. The Kier molecular flexibility index (Phi) is 7.22. The Morgan fingerprint density at radius 3 is 2.24 bits per heavy atom. The predicted octanol–water partition coefficient (Wildman–Crippen LogP) is 5.22. The SMILES string of the molecule is CC(C)(C)C(=O)COC(=O)c1ccc(Cl)c(S(=O)(=O)Nc2cc(Cl)ccc2Cl)c1. The highest BCUT2D eigenvalue weighted by Gasteiger charge is 2.25. The van der Waals surface area contributed by atoms with E-state index < -0.39 is 28.0 Å². The standard InChI is InChI=1S/C19H18Cl3NO5S/c1-19(2,3)17(24)10-28-18(25)11-4-6-14(22)16(8-11)29(26,27)23-15-9-12(20)5-7-13(15)21/h4-9,23H,10H2,1-3H3. The molecule has 0 spiro atoms. The number of halogens is 3. The number of carbonyl (C=O) groups excluding carboxylic acids is 2. The van der Waals surface area contributed by atoms with Crippen LogP contribution in [0.25, 0.3) is 0 Å². The molecule has 0 radical (unpaired) electrons.